The summed E-state index contributed by atoms with van der Waals surface area (Å²) in [5.41, 5.74) is 2.14. The molecule has 1 fully saturated rings. The lowest BCUT2D eigenvalue weighted by atomic mass is 9.84. The highest BCUT2D eigenvalue weighted by atomic mass is 16.2. The summed E-state index contributed by atoms with van der Waals surface area (Å²) in [6.07, 6.45) is 4.04. The number of allylic oxidation sites excluding steroid dienone is 4. The Morgan fingerprint density at radius 2 is 1.67 bits per heavy atom. The standard InChI is InChI=1S/C23H35N3O4/c1-13(2)25-23(30)19(26-22(29)18-11-8-12-24-18)10-7-6-9-17-16(5)20(27)14(3)15(4)21(17)28/h13,18-19,24H,6-12H2,1-5H3,(H,25,30)(H,26,29)/t18?,19-/m0/s1. The van der Waals surface area contributed by atoms with Crippen molar-refractivity contribution in [1.82, 2.24) is 16.0 Å². The Morgan fingerprint density at radius 3 is 2.27 bits per heavy atom. The van der Waals surface area contributed by atoms with E-state index in [2.05, 4.69) is 16.0 Å². The number of amides is 2. The van der Waals surface area contributed by atoms with E-state index in [0.717, 1.165) is 19.4 Å². The summed E-state index contributed by atoms with van der Waals surface area (Å²) >= 11 is 0. The number of nitrogens with one attached hydrogen (secondary N) is 3. The molecule has 2 rings (SSSR count). The fourth-order valence-corrected chi connectivity index (χ4v) is 3.94. The number of rotatable bonds is 9. The van der Waals surface area contributed by atoms with E-state index in [9.17, 15) is 19.2 Å². The summed E-state index contributed by atoms with van der Waals surface area (Å²) in [4.78, 5) is 49.9. The predicted octanol–water partition coefficient (Wildman–Crippen LogP) is 2.11. The van der Waals surface area contributed by atoms with Crippen molar-refractivity contribution >= 4 is 23.4 Å². The predicted molar refractivity (Wildman–Crippen MR) is 116 cm³/mol. The first-order chi connectivity index (χ1) is 14.1. The molecule has 2 atom stereocenters. The molecule has 0 radical (unpaired) electrons. The smallest absolute Gasteiger partial charge is 0.242 e. The molecule has 0 aromatic heterocycles. The van der Waals surface area contributed by atoms with Gasteiger partial charge in [0.05, 0.1) is 6.04 Å². The highest BCUT2D eigenvalue weighted by Crippen LogP contribution is 2.27. The van der Waals surface area contributed by atoms with Gasteiger partial charge in [-0.15, -0.1) is 0 Å². The van der Waals surface area contributed by atoms with Gasteiger partial charge in [0.15, 0.2) is 11.6 Å². The molecule has 0 bridgehead atoms. The highest BCUT2D eigenvalue weighted by molar-refractivity contribution is 6.24. The second-order valence-electron chi connectivity index (χ2n) is 8.63. The van der Waals surface area contributed by atoms with Crippen LogP contribution in [0.3, 0.4) is 0 Å². The van der Waals surface area contributed by atoms with Crippen LogP contribution in [0.15, 0.2) is 22.3 Å². The van der Waals surface area contributed by atoms with Gasteiger partial charge in [-0.1, -0.05) is 6.42 Å². The lowest BCUT2D eigenvalue weighted by Gasteiger charge is -2.22. The van der Waals surface area contributed by atoms with E-state index in [1.54, 1.807) is 20.8 Å². The minimum Gasteiger partial charge on any atom is -0.352 e. The number of unbranched alkanes of at least 4 members (excludes halogenated alkanes) is 1. The van der Waals surface area contributed by atoms with E-state index in [1.807, 2.05) is 13.8 Å². The van der Waals surface area contributed by atoms with Gasteiger partial charge in [0, 0.05) is 28.3 Å². The van der Waals surface area contributed by atoms with Gasteiger partial charge in [-0.05, 0) is 73.3 Å². The lowest BCUT2D eigenvalue weighted by Crippen LogP contribution is -2.52. The zero-order chi connectivity index (χ0) is 22.4. The molecule has 2 amide bonds. The van der Waals surface area contributed by atoms with Gasteiger partial charge in [-0.2, -0.15) is 0 Å². The maximum atomic E-state index is 12.6. The van der Waals surface area contributed by atoms with Crippen LogP contribution in [-0.2, 0) is 19.2 Å². The zero-order valence-electron chi connectivity index (χ0n) is 18.8. The van der Waals surface area contributed by atoms with Gasteiger partial charge in [0.1, 0.15) is 6.04 Å². The van der Waals surface area contributed by atoms with Crippen LogP contribution < -0.4 is 16.0 Å². The maximum Gasteiger partial charge on any atom is 0.242 e. The Balaban J connectivity index is 1.94. The topological polar surface area (TPSA) is 104 Å². The number of carbonyl (C=O) groups is 4. The summed E-state index contributed by atoms with van der Waals surface area (Å²) < 4.78 is 0. The molecule has 166 valence electrons. The van der Waals surface area contributed by atoms with E-state index in [0.29, 0.717) is 48.0 Å². The van der Waals surface area contributed by atoms with Gasteiger partial charge in [0.2, 0.25) is 11.8 Å². The number of carbonyl (C=O) groups excluding carboxylic acids is 4. The quantitative estimate of drug-likeness (QED) is 0.394. The maximum absolute atomic E-state index is 12.6. The van der Waals surface area contributed by atoms with Gasteiger partial charge in [0.25, 0.3) is 0 Å². The molecule has 0 saturated carbocycles. The summed E-state index contributed by atoms with van der Waals surface area (Å²) in [5.74, 6) is -0.448. The summed E-state index contributed by atoms with van der Waals surface area (Å²) in [5, 5.41) is 8.91. The third-order valence-corrected chi connectivity index (χ3v) is 5.92. The highest BCUT2D eigenvalue weighted by Gasteiger charge is 2.29. The first-order valence-electron chi connectivity index (χ1n) is 10.9. The van der Waals surface area contributed by atoms with Crippen LogP contribution >= 0.6 is 0 Å². The first-order valence-corrected chi connectivity index (χ1v) is 10.9. The average Bonchev–Trinajstić information content (AvgIpc) is 3.23. The third-order valence-electron chi connectivity index (χ3n) is 5.92. The molecule has 2 aliphatic rings. The van der Waals surface area contributed by atoms with E-state index < -0.39 is 6.04 Å². The largest absolute Gasteiger partial charge is 0.352 e. The fourth-order valence-electron chi connectivity index (χ4n) is 3.94. The van der Waals surface area contributed by atoms with Crippen LogP contribution in [0.2, 0.25) is 0 Å². The second kappa shape index (κ2) is 10.7. The van der Waals surface area contributed by atoms with Crippen LogP contribution in [0.1, 0.15) is 73.1 Å². The Hall–Kier alpha value is -2.28. The molecule has 7 heteroatoms. The second-order valence-corrected chi connectivity index (χ2v) is 8.63. The number of hydrogen-bond acceptors (Lipinski definition) is 5. The molecule has 0 spiro atoms. The van der Waals surface area contributed by atoms with Crippen molar-refractivity contribution in [3.63, 3.8) is 0 Å². The average molecular weight is 418 g/mol. The Kier molecular flexibility index (Phi) is 8.53. The number of ketones is 2. The lowest BCUT2D eigenvalue weighted by molar-refractivity contribution is -0.130. The van der Waals surface area contributed by atoms with Crippen LogP contribution in [-0.4, -0.2) is 48.1 Å². The van der Waals surface area contributed by atoms with Crippen LogP contribution in [0.5, 0.6) is 0 Å². The van der Waals surface area contributed by atoms with Crippen molar-refractivity contribution in [2.75, 3.05) is 6.54 Å². The first kappa shape index (κ1) is 24.0. The van der Waals surface area contributed by atoms with Crippen LogP contribution in [0.25, 0.3) is 0 Å². The molecule has 0 aromatic carbocycles. The molecule has 0 aromatic rings. The molecule has 3 N–H and O–H groups in total. The summed E-state index contributed by atoms with van der Waals surface area (Å²) in [7, 11) is 0. The van der Waals surface area contributed by atoms with Crippen LogP contribution in [0.4, 0.5) is 0 Å². The van der Waals surface area contributed by atoms with Crippen molar-refractivity contribution in [1.29, 1.82) is 0 Å². The normalized spacial score (nSPS) is 20.8. The molecule has 1 aliphatic carbocycles. The third kappa shape index (κ3) is 5.88. The monoisotopic (exact) mass is 417 g/mol. The van der Waals surface area contributed by atoms with Crippen molar-refractivity contribution in [2.45, 2.75) is 91.3 Å². The summed E-state index contributed by atoms with van der Waals surface area (Å²) in [6, 6.07) is -0.862. The summed E-state index contributed by atoms with van der Waals surface area (Å²) in [6.45, 7) is 9.67. The van der Waals surface area contributed by atoms with Crippen LogP contribution in [0, 0.1) is 0 Å². The van der Waals surface area contributed by atoms with Gasteiger partial charge >= 0.3 is 0 Å². The van der Waals surface area contributed by atoms with Crippen molar-refractivity contribution in [3.05, 3.63) is 22.3 Å². The minimum absolute atomic E-state index is 0.0156. The Labute approximate surface area is 179 Å². The molecule has 1 aliphatic heterocycles. The molecule has 1 heterocycles. The molecule has 1 unspecified atom stereocenters. The van der Waals surface area contributed by atoms with Crippen molar-refractivity contribution < 1.29 is 19.2 Å². The SMILES string of the molecule is CC1=C(C)C(=O)C(CCCC[C@H](NC(=O)C2CCCN2)C(=O)NC(C)C)=C(C)C1=O. The Bertz CT molecular complexity index is 773. The molecule has 7 nitrogen and oxygen atoms in total. The number of hydrogen-bond donors (Lipinski definition) is 3. The van der Waals surface area contributed by atoms with E-state index >= 15 is 0 Å². The minimum atomic E-state index is -0.607. The number of Topliss-reactive ketones (excluding diaryl/α,β-unsaturated/α-hetero) is 2. The van der Waals surface area contributed by atoms with Crippen molar-refractivity contribution in [3.8, 4) is 0 Å². The molecule has 30 heavy (non-hydrogen) atoms. The van der Waals surface area contributed by atoms with E-state index in [4.69, 9.17) is 0 Å². The van der Waals surface area contributed by atoms with Gasteiger partial charge in [-0.25, -0.2) is 0 Å². The van der Waals surface area contributed by atoms with Gasteiger partial charge in [-0.3, -0.25) is 19.2 Å². The zero-order valence-corrected chi connectivity index (χ0v) is 18.8. The molecular formula is C23H35N3O4. The molecule has 1 saturated heterocycles. The Morgan fingerprint density at radius 1 is 1.00 bits per heavy atom. The fraction of sp³-hybridized carbons (Fsp3) is 0.652. The van der Waals surface area contributed by atoms with E-state index in [-0.39, 0.29) is 35.5 Å². The van der Waals surface area contributed by atoms with Gasteiger partial charge < -0.3 is 16.0 Å². The van der Waals surface area contributed by atoms with Crippen molar-refractivity contribution in [2.24, 2.45) is 0 Å². The van der Waals surface area contributed by atoms with E-state index in [1.165, 1.54) is 0 Å². The molecular weight excluding hydrogens is 382 g/mol.